The largest absolute Gasteiger partial charge is 0.345 e. The normalized spacial score (nSPS) is 11.5. The number of aromatic amines is 1. The number of H-pyrrole nitrogens is 1. The molecule has 0 bridgehead atoms. The SMILES string of the molecule is Cc1nn2c(=O)c(C(C)C)c[nH]c2c1Cl. The number of aromatic nitrogens is 3. The third kappa shape index (κ3) is 1.45. The predicted octanol–water partition coefficient (Wildman–Crippen LogP) is 2.11. The second-order valence-corrected chi connectivity index (χ2v) is 4.24. The summed E-state index contributed by atoms with van der Waals surface area (Å²) >= 11 is 5.99. The van der Waals surface area contributed by atoms with Crippen molar-refractivity contribution in [2.24, 2.45) is 0 Å². The summed E-state index contributed by atoms with van der Waals surface area (Å²) in [5.41, 5.74) is 1.82. The van der Waals surface area contributed by atoms with Crippen molar-refractivity contribution in [3.8, 4) is 0 Å². The van der Waals surface area contributed by atoms with Gasteiger partial charge in [-0.2, -0.15) is 9.61 Å². The summed E-state index contributed by atoms with van der Waals surface area (Å²) in [6.07, 6.45) is 1.70. The van der Waals surface area contributed by atoms with Crippen LogP contribution in [-0.2, 0) is 0 Å². The number of nitrogens with zero attached hydrogens (tertiary/aromatic N) is 2. The molecule has 0 aliphatic rings. The van der Waals surface area contributed by atoms with E-state index in [2.05, 4.69) is 10.1 Å². The Bertz CT molecular complexity index is 568. The molecule has 2 aromatic heterocycles. The first-order chi connectivity index (χ1) is 7.02. The first-order valence-electron chi connectivity index (χ1n) is 4.78. The maximum absolute atomic E-state index is 12.0. The molecule has 0 amide bonds. The molecule has 0 aliphatic carbocycles. The fraction of sp³-hybridized carbons (Fsp3) is 0.400. The fourth-order valence-electron chi connectivity index (χ4n) is 1.52. The number of rotatable bonds is 1. The molecular formula is C10H12ClN3O. The minimum Gasteiger partial charge on any atom is -0.345 e. The van der Waals surface area contributed by atoms with Crippen molar-refractivity contribution in [2.45, 2.75) is 26.7 Å². The van der Waals surface area contributed by atoms with Gasteiger partial charge in [0.05, 0.1) is 5.69 Å². The van der Waals surface area contributed by atoms with Crippen molar-refractivity contribution in [1.29, 1.82) is 0 Å². The molecule has 0 saturated carbocycles. The number of fused-ring (bicyclic) bond motifs is 1. The monoisotopic (exact) mass is 225 g/mol. The Balaban J connectivity index is 2.86. The molecule has 2 heterocycles. The molecule has 2 rings (SSSR count). The van der Waals surface area contributed by atoms with Gasteiger partial charge in [0.2, 0.25) is 0 Å². The highest BCUT2D eigenvalue weighted by Gasteiger charge is 2.13. The number of hydrogen-bond donors (Lipinski definition) is 1. The van der Waals surface area contributed by atoms with E-state index in [9.17, 15) is 4.79 Å². The summed E-state index contributed by atoms with van der Waals surface area (Å²) < 4.78 is 1.33. The van der Waals surface area contributed by atoms with E-state index in [0.29, 0.717) is 21.9 Å². The highest BCUT2D eigenvalue weighted by atomic mass is 35.5. The van der Waals surface area contributed by atoms with E-state index in [1.54, 1.807) is 13.1 Å². The Hall–Kier alpha value is -1.29. The molecule has 0 saturated heterocycles. The smallest absolute Gasteiger partial charge is 0.277 e. The molecule has 0 spiro atoms. The highest BCUT2D eigenvalue weighted by Crippen LogP contribution is 2.18. The summed E-state index contributed by atoms with van der Waals surface area (Å²) in [6.45, 7) is 5.71. The quantitative estimate of drug-likeness (QED) is 0.808. The molecule has 0 radical (unpaired) electrons. The van der Waals surface area contributed by atoms with Gasteiger partial charge in [-0.05, 0) is 12.8 Å². The fourth-order valence-corrected chi connectivity index (χ4v) is 1.70. The topological polar surface area (TPSA) is 50.2 Å². The molecule has 1 N–H and O–H groups in total. The van der Waals surface area contributed by atoms with Crippen LogP contribution in [0.4, 0.5) is 0 Å². The van der Waals surface area contributed by atoms with Gasteiger partial charge in [0.15, 0.2) is 5.65 Å². The predicted molar refractivity (Wildman–Crippen MR) is 59.6 cm³/mol. The van der Waals surface area contributed by atoms with Crippen molar-refractivity contribution >= 4 is 17.2 Å². The van der Waals surface area contributed by atoms with E-state index in [1.807, 2.05) is 13.8 Å². The van der Waals surface area contributed by atoms with Crippen LogP contribution < -0.4 is 5.56 Å². The highest BCUT2D eigenvalue weighted by molar-refractivity contribution is 6.34. The van der Waals surface area contributed by atoms with Gasteiger partial charge < -0.3 is 4.98 Å². The number of aryl methyl sites for hydroxylation is 1. The molecule has 5 heteroatoms. The van der Waals surface area contributed by atoms with E-state index >= 15 is 0 Å². The molecule has 0 aliphatic heterocycles. The van der Waals surface area contributed by atoms with Gasteiger partial charge in [0.25, 0.3) is 5.56 Å². The lowest BCUT2D eigenvalue weighted by molar-refractivity contribution is 0.789. The van der Waals surface area contributed by atoms with Crippen LogP contribution in [0.25, 0.3) is 5.65 Å². The van der Waals surface area contributed by atoms with Gasteiger partial charge in [-0.1, -0.05) is 25.4 Å². The summed E-state index contributed by atoms with van der Waals surface area (Å²) in [6, 6.07) is 0. The molecule has 0 fully saturated rings. The Morgan fingerprint density at radius 2 is 2.20 bits per heavy atom. The van der Waals surface area contributed by atoms with Crippen molar-refractivity contribution in [3.63, 3.8) is 0 Å². The standard InChI is InChI=1S/C10H12ClN3O/c1-5(2)7-4-12-9-8(11)6(3)13-14(9)10(7)15/h4-5,12H,1-3H3. The van der Waals surface area contributed by atoms with Gasteiger partial charge in [-0.15, -0.1) is 0 Å². The number of nitrogens with one attached hydrogen (secondary N) is 1. The molecular weight excluding hydrogens is 214 g/mol. The van der Waals surface area contributed by atoms with Crippen LogP contribution in [0.2, 0.25) is 5.02 Å². The molecule has 2 aromatic rings. The molecule has 15 heavy (non-hydrogen) atoms. The van der Waals surface area contributed by atoms with Gasteiger partial charge in [-0.25, -0.2) is 0 Å². The van der Waals surface area contributed by atoms with E-state index in [-0.39, 0.29) is 11.5 Å². The van der Waals surface area contributed by atoms with E-state index < -0.39 is 0 Å². The van der Waals surface area contributed by atoms with Crippen molar-refractivity contribution < 1.29 is 0 Å². The van der Waals surface area contributed by atoms with Crippen molar-refractivity contribution in [3.05, 3.63) is 32.8 Å². The first-order valence-corrected chi connectivity index (χ1v) is 5.16. The van der Waals surface area contributed by atoms with Crippen LogP contribution in [0.5, 0.6) is 0 Å². The van der Waals surface area contributed by atoms with Crippen LogP contribution in [0.15, 0.2) is 11.0 Å². The summed E-state index contributed by atoms with van der Waals surface area (Å²) in [4.78, 5) is 15.0. The molecule has 0 unspecified atom stereocenters. The van der Waals surface area contributed by atoms with Crippen LogP contribution >= 0.6 is 11.6 Å². The Morgan fingerprint density at radius 3 is 2.80 bits per heavy atom. The Kier molecular flexibility index (Phi) is 2.31. The zero-order valence-electron chi connectivity index (χ0n) is 8.84. The van der Waals surface area contributed by atoms with E-state index in [4.69, 9.17) is 11.6 Å². The average Bonchev–Trinajstić information content (AvgIpc) is 2.45. The van der Waals surface area contributed by atoms with Gasteiger partial charge in [-0.3, -0.25) is 4.79 Å². The van der Waals surface area contributed by atoms with E-state index in [1.165, 1.54) is 4.52 Å². The van der Waals surface area contributed by atoms with Gasteiger partial charge in [0.1, 0.15) is 5.02 Å². The molecule has 4 nitrogen and oxygen atoms in total. The number of halogens is 1. The maximum Gasteiger partial charge on any atom is 0.277 e. The van der Waals surface area contributed by atoms with Gasteiger partial charge >= 0.3 is 0 Å². The van der Waals surface area contributed by atoms with Crippen molar-refractivity contribution in [2.75, 3.05) is 0 Å². The molecule has 80 valence electrons. The lowest BCUT2D eigenvalue weighted by Gasteiger charge is -2.03. The second kappa shape index (κ2) is 3.38. The lowest BCUT2D eigenvalue weighted by atomic mass is 10.1. The number of hydrogen-bond acceptors (Lipinski definition) is 2. The zero-order valence-corrected chi connectivity index (χ0v) is 9.59. The summed E-state index contributed by atoms with van der Waals surface area (Å²) in [5, 5.41) is 4.60. The molecule has 0 atom stereocenters. The average molecular weight is 226 g/mol. The van der Waals surface area contributed by atoms with E-state index in [0.717, 1.165) is 0 Å². The Morgan fingerprint density at radius 1 is 1.53 bits per heavy atom. The van der Waals surface area contributed by atoms with Crippen LogP contribution in [0.3, 0.4) is 0 Å². The van der Waals surface area contributed by atoms with Gasteiger partial charge in [0, 0.05) is 11.8 Å². The maximum atomic E-state index is 12.0. The Labute approximate surface area is 91.9 Å². The minimum atomic E-state index is -0.103. The van der Waals surface area contributed by atoms with Crippen LogP contribution in [0, 0.1) is 6.92 Å². The third-order valence-corrected chi connectivity index (χ3v) is 2.87. The minimum absolute atomic E-state index is 0.103. The second-order valence-electron chi connectivity index (χ2n) is 3.86. The third-order valence-electron chi connectivity index (χ3n) is 2.41. The summed E-state index contributed by atoms with van der Waals surface area (Å²) in [7, 11) is 0. The summed E-state index contributed by atoms with van der Waals surface area (Å²) in [5.74, 6) is 0.168. The van der Waals surface area contributed by atoms with Crippen LogP contribution in [0.1, 0.15) is 31.0 Å². The first kappa shape index (κ1) is 10.2. The van der Waals surface area contributed by atoms with Crippen molar-refractivity contribution in [1.82, 2.24) is 14.6 Å². The lowest BCUT2D eigenvalue weighted by Crippen LogP contribution is -2.20. The molecule has 0 aromatic carbocycles. The zero-order chi connectivity index (χ0) is 11.2. The van der Waals surface area contributed by atoms with Crippen LogP contribution in [-0.4, -0.2) is 14.6 Å².